The number of anilines is 1. The first-order valence-electron chi connectivity index (χ1n) is 6.34. The number of para-hydroxylation sites is 1. The minimum atomic E-state index is -0.150. The molecular formula is C14H20N2O2. The van der Waals surface area contributed by atoms with Crippen LogP contribution >= 0.6 is 0 Å². The standard InChI is InChI=1S/C14H20N2O2/c1-10(9-18-2)15-13-8-7-11-5-3-4-6-12(11)16-14(13)17/h3-6,10,13,15H,7-9H2,1-2H3,(H,16,17). The molecule has 0 saturated heterocycles. The molecule has 1 heterocycles. The number of fused-ring (bicyclic) bond motifs is 1. The number of hydrogen-bond donors (Lipinski definition) is 2. The lowest BCUT2D eigenvalue weighted by molar-refractivity contribution is -0.118. The average Bonchev–Trinajstić information content (AvgIpc) is 2.50. The van der Waals surface area contributed by atoms with Crippen molar-refractivity contribution in [2.75, 3.05) is 19.0 Å². The molecule has 0 spiro atoms. The van der Waals surface area contributed by atoms with E-state index >= 15 is 0 Å². The zero-order valence-electron chi connectivity index (χ0n) is 10.9. The van der Waals surface area contributed by atoms with Crippen molar-refractivity contribution in [3.05, 3.63) is 29.8 Å². The topological polar surface area (TPSA) is 50.4 Å². The minimum absolute atomic E-state index is 0.0444. The Balaban J connectivity index is 2.03. The molecule has 0 radical (unpaired) electrons. The van der Waals surface area contributed by atoms with Gasteiger partial charge in [0, 0.05) is 18.8 Å². The maximum atomic E-state index is 12.1. The number of benzene rings is 1. The van der Waals surface area contributed by atoms with Gasteiger partial charge in [-0.1, -0.05) is 18.2 Å². The number of aryl methyl sites for hydroxylation is 1. The number of ether oxygens (including phenoxy) is 1. The highest BCUT2D eigenvalue weighted by atomic mass is 16.5. The van der Waals surface area contributed by atoms with Crippen LogP contribution in [0.1, 0.15) is 18.9 Å². The Morgan fingerprint density at radius 3 is 3.06 bits per heavy atom. The van der Waals surface area contributed by atoms with Crippen molar-refractivity contribution >= 4 is 11.6 Å². The molecule has 0 aromatic heterocycles. The zero-order valence-corrected chi connectivity index (χ0v) is 10.9. The van der Waals surface area contributed by atoms with Gasteiger partial charge in [0.05, 0.1) is 12.6 Å². The smallest absolute Gasteiger partial charge is 0.241 e. The summed E-state index contributed by atoms with van der Waals surface area (Å²) in [5, 5.41) is 6.28. The van der Waals surface area contributed by atoms with Crippen LogP contribution in [0.3, 0.4) is 0 Å². The normalized spacial score (nSPS) is 20.8. The lowest BCUT2D eigenvalue weighted by Gasteiger charge is -2.20. The summed E-state index contributed by atoms with van der Waals surface area (Å²) in [5.74, 6) is 0.0444. The van der Waals surface area contributed by atoms with Crippen molar-refractivity contribution in [1.82, 2.24) is 5.32 Å². The molecular weight excluding hydrogens is 228 g/mol. The molecule has 0 bridgehead atoms. The lowest BCUT2D eigenvalue weighted by Crippen LogP contribution is -2.45. The fraction of sp³-hybridized carbons (Fsp3) is 0.500. The first-order chi connectivity index (χ1) is 8.70. The van der Waals surface area contributed by atoms with Gasteiger partial charge in [0.25, 0.3) is 0 Å². The van der Waals surface area contributed by atoms with Gasteiger partial charge in [0.1, 0.15) is 0 Å². The van der Waals surface area contributed by atoms with Crippen molar-refractivity contribution in [2.24, 2.45) is 0 Å². The Morgan fingerprint density at radius 2 is 2.28 bits per heavy atom. The molecule has 1 aromatic carbocycles. The average molecular weight is 248 g/mol. The highest BCUT2D eigenvalue weighted by molar-refractivity contribution is 5.96. The Bertz CT molecular complexity index is 420. The first-order valence-corrected chi connectivity index (χ1v) is 6.34. The molecule has 0 aliphatic carbocycles. The second kappa shape index (κ2) is 5.98. The fourth-order valence-corrected chi connectivity index (χ4v) is 2.31. The van der Waals surface area contributed by atoms with E-state index in [1.54, 1.807) is 7.11 Å². The number of carbonyl (C=O) groups excluding carboxylic acids is 1. The number of hydrogen-bond acceptors (Lipinski definition) is 3. The highest BCUT2D eigenvalue weighted by Crippen LogP contribution is 2.21. The number of carbonyl (C=O) groups is 1. The molecule has 0 fully saturated rings. The molecule has 98 valence electrons. The maximum absolute atomic E-state index is 12.1. The van der Waals surface area contributed by atoms with E-state index in [9.17, 15) is 4.79 Å². The summed E-state index contributed by atoms with van der Waals surface area (Å²) in [6.45, 7) is 2.63. The van der Waals surface area contributed by atoms with E-state index in [1.807, 2.05) is 25.1 Å². The number of amides is 1. The molecule has 4 heteroatoms. The van der Waals surface area contributed by atoms with E-state index in [0.29, 0.717) is 6.61 Å². The SMILES string of the molecule is COCC(C)NC1CCc2ccccc2NC1=O. The summed E-state index contributed by atoms with van der Waals surface area (Å²) in [6.07, 6.45) is 1.73. The summed E-state index contributed by atoms with van der Waals surface area (Å²) < 4.78 is 5.08. The summed E-state index contributed by atoms with van der Waals surface area (Å²) >= 11 is 0. The summed E-state index contributed by atoms with van der Waals surface area (Å²) in [7, 11) is 1.67. The van der Waals surface area contributed by atoms with Gasteiger partial charge in [-0.25, -0.2) is 0 Å². The van der Waals surface area contributed by atoms with Gasteiger partial charge in [-0.2, -0.15) is 0 Å². The molecule has 1 aromatic rings. The van der Waals surface area contributed by atoms with E-state index in [2.05, 4.69) is 16.7 Å². The molecule has 2 rings (SSSR count). The molecule has 0 saturated carbocycles. The van der Waals surface area contributed by atoms with Crippen LogP contribution in [-0.2, 0) is 16.0 Å². The maximum Gasteiger partial charge on any atom is 0.241 e. The summed E-state index contributed by atoms with van der Waals surface area (Å²) in [6, 6.07) is 7.99. The van der Waals surface area contributed by atoms with Gasteiger partial charge in [-0.05, 0) is 31.4 Å². The Kier molecular flexibility index (Phi) is 4.33. The molecule has 2 unspecified atom stereocenters. The Hall–Kier alpha value is -1.39. The Morgan fingerprint density at radius 1 is 1.50 bits per heavy atom. The molecule has 1 amide bonds. The summed E-state index contributed by atoms with van der Waals surface area (Å²) in [4.78, 5) is 12.1. The largest absolute Gasteiger partial charge is 0.383 e. The second-order valence-corrected chi connectivity index (χ2v) is 4.76. The zero-order chi connectivity index (χ0) is 13.0. The third kappa shape index (κ3) is 3.09. The summed E-state index contributed by atoms with van der Waals surface area (Å²) in [5.41, 5.74) is 2.14. The number of methoxy groups -OCH3 is 1. The molecule has 1 aliphatic heterocycles. The molecule has 1 aliphatic rings. The van der Waals surface area contributed by atoms with E-state index in [4.69, 9.17) is 4.74 Å². The van der Waals surface area contributed by atoms with E-state index < -0.39 is 0 Å². The van der Waals surface area contributed by atoms with Crippen LogP contribution < -0.4 is 10.6 Å². The van der Waals surface area contributed by atoms with Gasteiger partial charge in [-0.3, -0.25) is 4.79 Å². The quantitative estimate of drug-likeness (QED) is 0.850. The first kappa shape index (κ1) is 13.1. The van der Waals surface area contributed by atoms with Crippen LogP contribution in [0.15, 0.2) is 24.3 Å². The fourth-order valence-electron chi connectivity index (χ4n) is 2.31. The highest BCUT2D eigenvalue weighted by Gasteiger charge is 2.24. The monoisotopic (exact) mass is 248 g/mol. The number of rotatable bonds is 4. The van der Waals surface area contributed by atoms with Gasteiger partial charge in [0.15, 0.2) is 0 Å². The van der Waals surface area contributed by atoms with Gasteiger partial charge >= 0.3 is 0 Å². The van der Waals surface area contributed by atoms with Crippen molar-refractivity contribution in [2.45, 2.75) is 31.8 Å². The predicted molar refractivity (Wildman–Crippen MR) is 71.7 cm³/mol. The van der Waals surface area contributed by atoms with E-state index in [1.165, 1.54) is 5.56 Å². The van der Waals surface area contributed by atoms with Crippen molar-refractivity contribution < 1.29 is 9.53 Å². The molecule has 18 heavy (non-hydrogen) atoms. The van der Waals surface area contributed by atoms with E-state index in [0.717, 1.165) is 18.5 Å². The van der Waals surface area contributed by atoms with Crippen LogP contribution in [0.5, 0.6) is 0 Å². The predicted octanol–water partition coefficient (Wildman–Crippen LogP) is 1.56. The van der Waals surface area contributed by atoms with Crippen molar-refractivity contribution in [1.29, 1.82) is 0 Å². The molecule has 2 N–H and O–H groups in total. The van der Waals surface area contributed by atoms with E-state index in [-0.39, 0.29) is 18.0 Å². The van der Waals surface area contributed by atoms with Crippen LogP contribution in [0, 0.1) is 0 Å². The van der Waals surface area contributed by atoms with Gasteiger partial charge in [-0.15, -0.1) is 0 Å². The van der Waals surface area contributed by atoms with Crippen LogP contribution in [0.4, 0.5) is 5.69 Å². The number of nitrogens with one attached hydrogen (secondary N) is 2. The van der Waals surface area contributed by atoms with Crippen molar-refractivity contribution in [3.63, 3.8) is 0 Å². The van der Waals surface area contributed by atoms with Crippen LogP contribution in [-0.4, -0.2) is 31.7 Å². The molecule has 2 atom stereocenters. The van der Waals surface area contributed by atoms with Crippen molar-refractivity contribution in [3.8, 4) is 0 Å². The third-order valence-electron chi connectivity index (χ3n) is 3.20. The Labute approximate surface area is 108 Å². The minimum Gasteiger partial charge on any atom is -0.383 e. The van der Waals surface area contributed by atoms with Gasteiger partial charge in [0.2, 0.25) is 5.91 Å². The van der Waals surface area contributed by atoms with Gasteiger partial charge < -0.3 is 15.4 Å². The third-order valence-corrected chi connectivity index (χ3v) is 3.20. The van der Waals surface area contributed by atoms with Crippen LogP contribution in [0.2, 0.25) is 0 Å². The van der Waals surface area contributed by atoms with Crippen LogP contribution in [0.25, 0.3) is 0 Å². The lowest BCUT2D eigenvalue weighted by atomic mass is 10.1. The second-order valence-electron chi connectivity index (χ2n) is 4.76. The molecule has 4 nitrogen and oxygen atoms in total.